The molecule has 0 bridgehead atoms. The number of aromatic nitrogens is 4. The van der Waals surface area contributed by atoms with Crippen LogP contribution in [0.4, 0.5) is 24.7 Å². The van der Waals surface area contributed by atoms with E-state index in [2.05, 4.69) is 25.3 Å². The highest BCUT2D eigenvalue weighted by Crippen LogP contribution is 2.30. The van der Waals surface area contributed by atoms with E-state index in [4.69, 9.17) is 5.73 Å². The lowest BCUT2D eigenvalue weighted by molar-refractivity contribution is -0.141. The fourth-order valence-corrected chi connectivity index (χ4v) is 3.17. The predicted octanol–water partition coefficient (Wildman–Crippen LogP) is 4.76. The number of nitrogens with one attached hydrogen (secondary N) is 1. The van der Waals surface area contributed by atoms with E-state index >= 15 is 0 Å². The van der Waals surface area contributed by atoms with E-state index in [0.717, 1.165) is 40.6 Å². The van der Waals surface area contributed by atoms with Gasteiger partial charge in [-0.1, -0.05) is 6.07 Å². The maximum atomic E-state index is 12.7. The second-order valence-corrected chi connectivity index (χ2v) is 7.20. The first kappa shape index (κ1) is 21.9. The second-order valence-electron chi connectivity index (χ2n) is 7.20. The Morgan fingerprint density at radius 3 is 2.42 bits per heavy atom. The number of nitrogen functional groups attached to an aromatic ring is 1. The number of benzene rings is 1. The Balaban J connectivity index is 1.60. The van der Waals surface area contributed by atoms with Crippen molar-refractivity contribution in [2.75, 3.05) is 11.1 Å². The smallest absolute Gasteiger partial charge is 0.384 e. The van der Waals surface area contributed by atoms with E-state index in [1.54, 1.807) is 30.6 Å². The van der Waals surface area contributed by atoms with Crippen LogP contribution in [0, 0.1) is 6.92 Å². The molecule has 0 spiro atoms. The van der Waals surface area contributed by atoms with Gasteiger partial charge in [0.05, 0.1) is 11.3 Å². The number of aryl methyl sites for hydroxylation is 1. The molecule has 4 aromatic rings. The van der Waals surface area contributed by atoms with Gasteiger partial charge >= 0.3 is 6.18 Å². The summed E-state index contributed by atoms with van der Waals surface area (Å²) in [5.41, 5.74) is 9.06. The average Bonchev–Trinajstić information content (AvgIpc) is 2.80. The lowest BCUT2D eigenvalue weighted by Gasteiger charge is -2.12. The number of nitrogens with two attached hydrogens (primary N) is 1. The van der Waals surface area contributed by atoms with E-state index in [1.165, 1.54) is 6.33 Å². The summed E-state index contributed by atoms with van der Waals surface area (Å²) in [7, 11) is 0. The van der Waals surface area contributed by atoms with Crippen LogP contribution >= 0.6 is 0 Å². The fraction of sp³-hybridized carbons (Fsp3) is 0.0870. The highest BCUT2D eigenvalue weighted by Gasteiger charge is 2.32. The molecular weight excluding hydrogens is 433 g/mol. The Morgan fingerprint density at radius 1 is 0.939 bits per heavy atom. The van der Waals surface area contributed by atoms with Crippen LogP contribution in [-0.2, 0) is 6.18 Å². The number of carbonyl (C=O) groups excluding carboxylic acids is 1. The highest BCUT2D eigenvalue weighted by atomic mass is 19.4. The minimum atomic E-state index is -4.57. The van der Waals surface area contributed by atoms with E-state index in [0.29, 0.717) is 17.2 Å². The summed E-state index contributed by atoms with van der Waals surface area (Å²) < 4.78 is 38.1. The topological polar surface area (TPSA) is 107 Å². The highest BCUT2D eigenvalue weighted by molar-refractivity contribution is 6.04. The number of pyridine rings is 2. The maximum absolute atomic E-state index is 12.7. The van der Waals surface area contributed by atoms with Crippen LogP contribution in [0.2, 0.25) is 0 Å². The van der Waals surface area contributed by atoms with Crippen LogP contribution in [0.1, 0.15) is 21.6 Å². The van der Waals surface area contributed by atoms with E-state index in [1.807, 2.05) is 19.1 Å². The molecular formula is C23H17F3N6O. The van der Waals surface area contributed by atoms with Gasteiger partial charge in [0.1, 0.15) is 17.8 Å². The molecule has 1 aromatic carbocycles. The van der Waals surface area contributed by atoms with Gasteiger partial charge in [-0.25, -0.2) is 9.97 Å². The van der Waals surface area contributed by atoms with Gasteiger partial charge in [0.2, 0.25) is 0 Å². The largest absolute Gasteiger partial charge is 0.433 e. The van der Waals surface area contributed by atoms with E-state index < -0.39 is 17.8 Å². The monoisotopic (exact) mass is 450 g/mol. The number of hydrogen-bond donors (Lipinski definition) is 2. The third-order valence-corrected chi connectivity index (χ3v) is 4.84. The van der Waals surface area contributed by atoms with Gasteiger partial charge in [0, 0.05) is 41.5 Å². The number of halogens is 3. The first-order valence-corrected chi connectivity index (χ1v) is 9.69. The van der Waals surface area contributed by atoms with Crippen LogP contribution in [0.3, 0.4) is 0 Å². The van der Waals surface area contributed by atoms with Crippen molar-refractivity contribution >= 4 is 17.4 Å². The van der Waals surface area contributed by atoms with Crippen LogP contribution < -0.4 is 11.1 Å². The zero-order valence-corrected chi connectivity index (χ0v) is 17.3. The first-order valence-electron chi connectivity index (χ1n) is 9.69. The van der Waals surface area contributed by atoms with Gasteiger partial charge in [-0.3, -0.25) is 14.8 Å². The van der Waals surface area contributed by atoms with Gasteiger partial charge in [-0.05, 0) is 48.4 Å². The minimum Gasteiger partial charge on any atom is -0.384 e. The summed E-state index contributed by atoms with van der Waals surface area (Å²) in [6.07, 6.45) is 1.04. The molecule has 7 nitrogen and oxygen atoms in total. The molecule has 166 valence electrons. The SMILES string of the molecule is Cc1ccc(NC(=O)c2ccc(C(F)(F)F)nc2)cc1-c1cncc(-c2cc(N)ncn2)c1. The number of anilines is 2. The molecule has 3 N–H and O–H groups in total. The predicted molar refractivity (Wildman–Crippen MR) is 117 cm³/mol. The molecule has 0 aliphatic rings. The molecule has 0 saturated heterocycles. The van der Waals surface area contributed by atoms with Crippen molar-refractivity contribution in [3.05, 3.63) is 84.2 Å². The van der Waals surface area contributed by atoms with Gasteiger partial charge in [-0.2, -0.15) is 13.2 Å². The molecule has 0 atom stereocenters. The van der Waals surface area contributed by atoms with Gasteiger partial charge in [0.15, 0.2) is 0 Å². The van der Waals surface area contributed by atoms with Crippen molar-refractivity contribution in [1.29, 1.82) is 0 Å². The minimum absolute atomic E-state index is 0.00939. The second kappa shape index (κ2) is 8.65. The standard InChI is InChI=1S/C23H17F3N6O/c1-13-2-4-17(32-22(33)14-3-5-20(29-11-14)23(24,25)26)7-18(13)15-6-16(10-28-9-15)19-8-21(27)31-12-30-19/h2-12H,1H3,(H,32,33)(H2,27,30,31). The molecule has 3 heterocycles. The number of carbonyl (C=O) groups is 1. The molecule has 0 unspecified atom stereocenters. The van der Waals surface area contributed by atoms with Crippen LogP contribution in [0.25, 0.3) is 22.4 Å². The number of rotatable bonds is 4. The molecule has 1 amide bonds. The van der Waals surface area contributed by atoms with Crippen molar-refractivity contribution in [3.8, 4) is 22.4 Å². The van der Waals surface area contributed by atoms with Crippen LogP contribution in [0.5, 0.6) is 0 Å². The van der Waals surface area contributed by atoms with Gasteiger partial charge in [-0.15, -0.1) is 0 Å². The van der Waals surface area contributed by atoms with Gasteiger partial charge in [0.25, 0.3) is 5.91 Å². The Kier molecular flexibility index (Phi) is 5.74. The quantitative estimate of drug-likeness (QED) is 0.464. The van der Waals surface area contributed by atoms with Gasteiger partial charge < -0.3 is 11.1 Å². The number of nitrogens with zero attached hydrogens (tertiary/aromatic N) is 4. The normalized spacial score (nSPS) is 11.3. The third kappa shape index (κ3) is 4.95. The maximum Gasteiger partial charge on any atom is 0.433 e. The third-order valence-electron chi connectivity index (χ3n) is 4.84. The summed E-state index contributed by atoms with van der Waals surface area (Å²) in [5, 5.41) is 2.69. The number of alkyl halides is 3. The Labute approximate surface area is 186 Å². The van der Waals surface area contributed by atoms with Crippen molar-refractivity contribution in [1.82, 2.24) is 19.9 Å². The van der Waals surface area contributed by atoms with Crippen LogP contribution in [-0.4, -0.2) is 25.8 Å². The molecule has 0 fully saturated rings. The molecule has 10 heteroatoms. The molecule has 3 aromatic heterocycles. The number of hydrogen-bond acceptors (Lipinski definition) is 6. The van der Waals surface area contributed by atoms with Crippen molar-refractivity contribution in [3.63, 3.8) is 0 Å². The molecule has 33 heavy (non-hydrogen) atoms. The van der Waals surface area contributed by atoms with E-state index in [9.17, 15) is 18.0 Å². The summed E-state index contributed by atoms with van der Waals surface area (Å²) >= 11 is 0. The molecule has 0 saturated carbocycles. The molecule has 0 aliphatic carbocycles. The molecule has 0 aliphatic heterocycles. The average molecular weight is 450 g/mol. The zero-order chi connectivity index (χ0) is 23.6. The number of amides is 1. The zero-order valence-electron chi connectivity index (χ0n) is 17.3. The summed E-state index contributed by atoms with van der Waals surface area (Å²) in [4.78, 5) is 28.2. The Morgan fingerprint density at radius 2 is 1.73 bits per heavy atom. The summed E-state index contributed by atoms with van der Waals surface area (Å²) in [6.45, 7) is 1.91. The van der Waals surface area contributed by atoms with Crippen molar-refractivity contribution < 1.29 is 18.0 Å². The lowest BCUT2D eigenvalue weighted by Crippen LogP contribution is -2.14. The van der Waals surface area contributed by atoms with E-state index in [-0.39, 0.29) is 5.56 Å². The first-order chi connectivity index (χ1) is 15.7. The fourth-order valence-electron chi connectivity index (χ4n) is 3.17. The lowest BCUT2D eigenvalue weighted by atomic mass is 9.99. The Hall–Kier alpha value is -4.34. The summed E-state index contributed by atoms with van der Waals surface area (Å²) in [6, 6.07) is 10.7. The van der Waals surface area contributed by atoms with Crippen LogP contribution in [0.15, 0.2) is 67.4 Å². The molecule has 4 rings (SSSR count). The summed E-state index contributed by atoms with van der Waals surface area (Å²) in [5.74, 6) is -0.238. The molecule has 0 radical (unpaired) electrons. The van der Waals surface area contributed by atoms with Crippen molar-refractivity contribution in [2.45, 2.75) is 13.1 Å². The Bertz CT molecular complexity index is 1320. The van der Waals surface area contributed by atoms with Crippen molar-refractivity contribution in [2.24, 2.45) is 0 Å².